The fourth-order valence-corrected chi connectivity index (χ4v) is 7.73. The smallest absolute Gasteiger partial charge is 0.393 e. The van der Waals surface area contributed by atoms with Crippen molar-refractivity contribution in [1.29, 1.82) is 0 Å². The van der Waals surface area contributed by atoms with Crippen molar-refractivity contribution in [3.05, 3.63) is 48.6 Å². The number of rotatable bonds is 35. The van der Waals surface area contributed by atoms with Crippen LogP contribution >= 0.6 is 7.82 Å². The van der Waals surface area contributed by atoms with Gasteiger partial charge in [-0.3, -0.25) is 13.8 Å². The molecule has 0 aliphatic heterocycles. The lowest BCUT2D eigenvalue weighted by molar-refractivity contribution is -0.220. The van der Waals surface area contributed by atoms with Crippen LogP contribution in [0.2, 0.25) is 0 Å². The summed E-state index contributed by atoms with van der Waals surface area (Å²) in [7, 11) is -5.14. The maximum Gasteiger partial charge on any atom is 0.472 e. The quantitative estimate of drug-likeness (QED) is 0.0184. The summed E-state index contributed by atoms with van der Waals surface area (Å²) in [6.45, 7) is 3.54. The molecule has 8 atom stereocenters. The van der Waals surface area contributed by atoms with E-state index in [0.717, 1.165) is 64.2 Å². The molecule has 58 heavy (non-hydrogen) atoms. The van der Waals surface area contributed by atoms with E-state index in [1.807, 2.05) is 0 Å². The average Bonchev–Trinajstić information content (AvgIpc) is 3.19. The Morgan fingerprint density at radius 2 is 1.12 bits per heavy atom. The monoisotopic (exact) mass is 846 g/mol. The van der Waals surface area contributed by atoms with Crippen LogP contribution in [0.5, 0.6) is 0 Å². The number of nitrogens with one attached hydrogen (secondary N) is 1. The van der Waals surface area contributed by atoms with Gasteiger partial charge in [0.15, 0.2) is 0 Å². The van der Waals surface area contributed by atoms with E-state index in [-0.39, 0.29) is 6.42 Å². The second-order valence-electron chi connectivity index (χ2n) is 15.7. The number of allylic oxidation sites excluding steroid dienone is 7. The highest BCUT2D eigenvalue weighted by Gasteiger charge is 2.51. The van der Waals surface area contributed by atoms with E-state index < -0.39 is 75.2 Å². The molecule has 0 saturated heterocycles. The Balaban J connectivity index is 2.48. The third-order valence-corrected chi connectivity index (χ3v) is 11.4. The van der Waals surface area contributed by atoms with Crippen LogP contribution in [0.15, 0.2) is 48.6 Å². The van der Waals surface area contributed by atoms with Gasteiger partial charge in [0.2, 0.25) is 5.91 Å². The average molecular weight is 846 g/mol. The van der Waals surface area contributed by atoms with Gasteiger partial charge in [-0.25, -0.2) is 4.57 Å². The van der Waals surface area contributed by atoms with E-state index in [4.69, 9.17) is 9.05 Å². The summed E-state index contributed by atoms with van der Waals surface area (Å²) in [6.07, 6.45) is 25.2. The Morgan fingerprint density at radius 3 is 1.71 bits per heavy atom. The van der Waals surface area contributed by atoms with Crippen molar-refractivity contribution in [2.45, 2.75) is 216 Å². The van der Waals surface area contributed by atoms with Crippen molar-refractivity contribution in [3.8, 4) is 0 Å². The molecule has 1 aliphatic carbocycles. The van der Waals surface area contributed by atoms with Gasteiger partial charge >= 0.3 is 7.82 Å². The first-order valence-electron chi connectivity index (χ1n) is 22.2. The standard InChI is InChI=1S/C44H80NO12P/c1-3-5-7-9-11-13-14-15-16-17-18-19-20-21-22-24-25-27-29-31-35(46)33-38(48)45-36(37(47)32-30-28-26-23-12-10-8-6-4-2)34-56-58(54,55)57-44-42(52)40(50)39(49)41(51)43(44)53/h5,7,11-13,23,30,32,35-37,39-44,46-47,49-53H,3-4,6,8-10,14-22,24-29,31,33-34H2,1-2H3,(H,45,48)(H,54,55)/b7-5-,13-11-,23-12+,32-30+. The minimum atomic E-state index is -5.14. The third kappa shape index (κ3) is 25.8. The Bertz CT molecular complexity index is 1180. The molecule has 1 amide bonds. The molecule has 8 unspecified atom stereocenters. The number of phosphoric ester groups is 1. The molecule has 1 aliphatic rings. The van der Waals surface area contributed by atoms with Crippen LogP contribution in [-0.2, 0) is 18.4 Å². The Kier molecular flexibility index (Phi) is 31.7. The highest BCUT2D eigenvalue weighted by Crippen LogP contribution is 2.47. The molecule has 1 saturated carbocycles. The topological polar surface area (TPSA) is 226 Å². The molecule has 0 heterocycles. The van der Waals surface area contributed by atoms with Gasteiger partial charge in [0.1, 0.15) is 36.6 Å². The number of amides is 1. The molecule has 0 aromatic carbocycles. The molecule has 0 aromatic rings. The van der Waals surface area contributed by atoms with Gasteiger partial charge in [0, 0.05) is 0 Å². The summed E-state index contributed by atoms with van der Waals surface area (Å²) < 4.78 is 22.7. The van der Waals surface area contributed by atoms with Crippen molar-refractivity contribution in [3.63, 3.8) is 0 Å². The van der Waals surface area contributed by atoms with Gasteiger partial charge in [0.25, 0.3) is 0 Å². The first-order chi connectivity index (χ1) is 27.8. The largest absolute Gasteiger partial charge is 0.472 e. The second-order valence-corrected chi connectivity index (χ2v) is 17.1. The van der Waals surface area contributed by atoms with Gasteiger partial charge in [-0.15, -0.1) is 0 Å². The molecule has 0 aromatic heterocycles. The minimum absolute atomic E-state index is 0.255. The number of hydrogen-bond donors (Lipinski definition) is 9. The molecule has 338 valence electrons. The first kappa shape index (κ1) is 54.3. The van der Waals surface area contributed by atoms with Gasteiger partial charge in [-0.05, 0) is 57.8 Å². The Hall–Kier alpha value is -1.74. The number of aliphatic hydroxyl groups excluding tert-OH is 7. The zero-order valence-electron chi connectivity index (χ0n) is 35.4. The molecule has 0 bridgehead atoms. The lowest BCUT2D eigenvalue weighted by Gasteiger charge is -2.41. The number of hydrogen-bond acceptors (Lipinski definition) is 11. The van der Waals surface area contributed by atoms with Crippen LogP contribution in [0.4, 0.5) is 0 Å². The minimum Gasteiger partial charge on any atom is -0.393 e. The maximum absolute atomic E-state index is 12.9. The molecule has 14 heteroatoms. The fourth-order valence-electron chi connectivity index (χ4n) is 6.76. The maximum atomic E-state index is 12.9. The van der Waals surface area contributed by atoms with Crippen LogP contribution in [0.3, 0.4) is 0 Å². The number of aliphatic hydroxyl groups is 7. The summed E-state index contributed by atoms with van der Waals surface area (Å²) in [5.74, 6) is -0.608. The predicted molar refractivity (Wildman–Crippen MR) is 229 cm³/mol. The molecule has 0 radical (unpaired) electrons. The van der Waals surface area contributed by atoms with Crippen molar-refractivity contribution in [2.24, 2.45) is 0 Å². The van der Waals surface area contributed by atoms with E-state index in [9.17, 15) is 50.0 Å². The van der Waals surface area contributed by atoms with Crippen molar-refractivity contribution < 1.29 is 59.0 Å². The van der Waals surface area contributed by atoms with Gasteiger partial charge < -0.3 is 46.0 Å². The second kappa shape index (κ2) is 33.9. The lowest BCUT2D eigenvalue weighted by Crippen LogP contribution is -2.64. The summed E-state index contributed by atoms with van der Waals surface area (Å²) in [5, 5.41) is 74.2. The van der Waals surface area contributed by atoms with E-state index >= 15 is 0 Å². The fraction of sp³-hybridized carbons (Fsp3) is 0.795. The molecular weight excluding hydrogens is 765 g/mol. The van der Waals surface area contributed by atoms with Gasteiger partial charge in [0.05, 0.1) is 31.3 Å². The number of phosphoric acid groups is 1. The normalized spacial score (nSPS) is 24.2. The predicted octanol–water partition coefficient (Wildman–Crippen LogP) is 6.75. The lowest BCUT2D eigenvalue weighted by atomic mass is 9.85. The molecule has 13 nitrogen and oxygen atoms in total. The van der Waals surface area contributed by atoms with Crippen LogP contribution in [0.1, 0.15) is 162 Å². The first-order valence-corrected chi connectivity index (χ1v) is 23.7. The molecular formula is C44H80NO12P. The summed E-state index contributed by atoms with van der Waals surface area (Å²) in [6, 6.07) is -1.26. The number of unbranched alkanes of at least 4 members (excludes halogenated alkanes) is 16. The van der Waals surface area contributed by atoms with Crippen LogP contribution in [-0.4, -0.2) is 108 Å². The van der Waals surface area contributed by atoms with Crippen molar-refractivity contribution in [1.82, 2.24) is 5.32 Å². The highest BCUT2D eigenvalue weighted by molar-refractivity contribution is 7.47. The zero-order chi connectivity index (χ0) is 43.0. The molecule has 9 N–H and O–H groups in total. The van der Waals surface area contributed by atoms with Crippen molar-refractivity contribution in [2.75, 3.05) is 6.61 Å². The van der Waals surface area contributed by atoms with E-state index in [0.29, 0.717) is 12.8 Å². The highest BCUT2D eigenvalue weighted by atomic mass is 31.2. The Morgan fingerprint density at radius 1 is 0.638 bits per heavy atom. The molecule has 0 spiro atoms. The molecule has 1 rings (SSSR count). The van der Waals surface area contributed by atoms with E-state index in [1.54, 1.807) is 6.08 Å². The molecule has 1 fully saturated rings. The van der Waals surface area contributed by atoms with E-state index in [1.165, 1.54) is 70.3 Å². The Labute approximate surface area is 349 Å². The number of carbonyl (C=O) groups excluding carboxylic acids is 1. The summed E-state index contributed by atoms with van der Waals surface area (Å²) >= 11 is 0. The SMILES string of the molecule is CC/C=C\C/C=C\CCCCCCCCCCCCCCC(O)CC(=O)NC(COP(=O)(O)OC1C(O)C(O)C(O)C(O)C1O)C(O)/C=C/CC/C=C/CCCCC. The number of carbonyl (C=O) groups is 1. The van der Waals surface area contributed by atoms with Crippen LogP contribution in [0, 0.1) is 0 Å². The van der Waals surface area contributed by atoms with Gasteiger partial charge in [-0.1, -0.05) is 146 Å². The van der Waals surface area contributed by atoms with Crippen LogP contribution in [0.25, 0.3) is 0 Å². The van der Waals surface area contributed by atoms with E-state index in [2.05, 4.69) is 55.6 Å². The summed E-state index contributed by atoms with van der Waals surface area (Å²) in [4.78, 5) is 23.3. The van der Waals surface area contributed by atoms with Crippen molar-refractivity contribution >= 4 is 13.7 Å². The van der Waals surface area contributed by atoms with Gasteiger partial charge in [-0.2, -0.15) is 0 Å². The van der Waals surface area contributed by atoms with Crippen LogP contribution < -0.4 is 5.32 Å². The third-order valence-electron chi connectivity index (χ3n) is 10.4. The summed E-state index contributed by atoms with van der Waals surface area (Å²) in [5.41, 5.74) is 0. The zero-order valence-corrected chi connectivity index (χ0v) is 36.3.